The molecule has 1 atom stereocenters. The van der Waals surface area contributed by atoms with Crippen LogP contribution in [0.4, 0.5) is 5.95 Å². The molecule has 0 fully saturated rings. The summed E-state index contributed by atoms with van der Waals surface area (Å²) in [5.41, 5.74) is 2.70. The maximum atomic E-state index is 12.6. The number of ether oxygens (including phenoxy) is 1. The molecule has 0 saturated carbocycles. The first-order valence-corrected chi connectivity index (χ1v) is 11.3. The molecule has 1 unspecified atom stereocenters. The van der Waals surface area contributed by atoms with Crippen LogP contribution in [0.1, 0.15) is 32.3 Å². The summed E-state index contributed by atoms with van der Waals surface area (Å²) in [5, 5.41) is 10.1. The van der Waals surface area contributed by atoms with Gasteiger partial charge in [-0.15, -0.1) is 16.4 Å². The number of hydrogen-bond donors (Lipinski definition) is 1. The molecule has 9 heteroatoms. The molecule has 1 amide bonds. The smallest absolute Gasteiger partial charge is 0.267 e. The second-order valence-electron chi connectivity index (χ2n) is 7.35. The molecule has 0 bridgehead atoms. The van der Waals surface area contributed by atoms with Crippen molar-refractivity contribution in [3.63, 3.8) is 0 Å². The Bertz CT molecular complexity index is 1230. The number of amides is 1. The molecule has 6 nitrogen and oxygen atoms in total. The van der Waals surface area contributed by atoms with Crippen LogP contribution in [0.25, 0.3) is 16.2 Å². The molecule has 0 aliphatic rings. The maximum Gasteiger partial charge on any atom is 0.267 e. The number of nitrogens with one attached hydrogen (secondary N) is 1. The summed E-state index contributed by atoms with van der Waals surface area (Å²) in [7, 11) is 0. The summed E-state index contributed by atoms with van der Waals surface area (Å²) < 4.78 is 7.39. The van der Waals surface area contributed by atoms with Gasteiger partial charge in [0.15, 0.2) is 6.10 Å². The van der Waals surface area contributed by atoms with E-state index in [9.17, 15) is 4.79 Å². The van der Waals surface area contributed by atoms with E-state index in [2.05, 4.69) is 29.2 Å². The van der Waals surface area contributed by atoms with E-state index in [1.165, 1.54) is 16.9 Å². The van der Waals surface area contributed by atoms with E-state index in [1.54, 1.807) is 29.6 Å². The number of fused-ring (bicyclic) bond motifs is 1. The van der Waals surface area contributed by atoms with Gasteiger partial charge in [-0.2, -0.15) is 4.98 Å². The van der Waals surface area contributed by atoms with Gasteiger partial charge in [0.1, 0.15) is 5.75 Å². The van der Waals surface area contributed by atoms with E-state index < -0.39 is 6.10 Å². The Kier molecular flexibility index (Phi) is 6.18. The number of aromatic nitrogens is 3. The monoisotopic (exact) mass is 474 g/mol. The number of nitrogens with zero attached hydrogens (tertiary/aromatic N) is 3. The van der Waals surface area contributed by atoms with E-state index in [4.69, 9.17) is 27.9 Å². The van der Waals surface area contributed by atoms with Gasteiger partial charge >= 0.3 is 0 Å². The van der Waals surface area contributed by atoms with Gasteiger partial charge in [0, 0.05) is 16.0 Å². The van der Waals surface area contributed by atoms with E-state index in [0.29, 0.717) is 26.7 Å². The molecule has 0 aliphatic carbocycles. The second-order valence-corrected chi connectivity index (χ2v) is 9.03. The lowest BCUT2D eigenvalue weighted by molar-refractivity contribution is -0.122. The van der Waals surface area contributed by atoms with Crippen molar-refractivity contribution in [1.82, 2.24) is 14.6 Å². The molecule has 2 heterocycles. The normalized spacial score (nSPS) is 12.3. The SMILES string of the molecule is CC(Oc1ccc(C(C)C)cc1)C(=O)Nc1nc2scc(-c3cc(Cl)ccc3Cl)n2n1. The van der Waals surface area contributed by atoms with Crippen molar-refractivity contribution in [1.29, 1.82) is 0 Å². The van der Waals surface area contributed by atoms with Gasteiger partial charge < -0.3 is 4.74 Å². The lowest BCUT2D eigenvalue weighted by Gasteiger charge is -2.14. The average molecular weight is 475 g/mol. The molecule has 31 heavy (non-hydrogen) atoms. The second kappa shape index (κ2) is 8.86. The van der Waals surface area contributed by atoms with E-state index in [1.807, 2.05) is 29.6 Å². The predicted molar refractivity (Wildman–Crippen MR) is 126 cm³/mol. The fourth-order valence-electron chi connectivity index (χ4n) is 3.01. The quantitative estimate of drug-likeness (QED) is 0.356. The number of anilines is 1. The zero-order valence-electron chi connectivity index (χ0n) is 17.1. The standard InChI is InChI=1S/C22H20Cl2N4O2S/c1-12(2)14-4-7-16(8-5-14)30-13(3)20(29)25-21-26-22-28(27-21)19(11-31-22)17-10-15(23)6-9-18(17)24/h4-13H,1-3H3,(H,25,27,29). The zero-order valence-corrected chi connectivity index (χ0v) is 19.4. The number of halogens is 2. The molecular weight excluding hydrogens is 455 g/mol. The number of carbonyl (C=O) groups excluding carboxylic acids is 1. The highest BCUT2D eigenvalue weighted by Crippen LogP contribution is 2.33. The number of hydrogen-bond acceptors (Lipinski definition) is 5. The van der Waals surface area contributed by atoms with Crippen LogP contribution in [0, 0.1) is 0 Å². The Morgan fingerprint density at radius 3 is 2.58 bits per heavy atom. The third-order valence-corrected chi connectivity index (χ3v) is 6.13. The third-order valence-electron chi connectivity index (χ3n) is 4.75. The largest absolute Gasteiger partial charge is 0.481 e. The maximum absolute atomic E-state index is 12.6. The summed E-state index contributed by atoms with van der Waals surface area (Å²) in [4.78, 5) is 17.6. The summed E-state index contributed by atoms with van der Waals surface area (Å²) in [6.07, 6.45) is -0.715. The molecule has 2 aromatic heterocycles. The zero-order chi connectivity index (χ0) is 22.1. The Labute approximate surface area is 193 Å². The molecule has 0 radical (unpaired) electrons. The third kappa shape index (κ3) is 4.69. The first kappa shape index (κ1) is 21.6. The topological polar surface area (TPSA) is 68.5 Å². The van der Waals surface area contributed by atoms with Gasteiger partial charge in [-0.05, 0) is 48.7 Å². The van der Waals surface area contributed by atoms with Crippen LogP contribution in [0.3, 0.4) is 0 Å². The van der Waals surface area contributed by atoms with Crippen LogP contribution in [-0.4, -0.2) is 26.6 Å². The summed E-state index contributed by atoms with van der Waals surface area (Å²) in [5.74, 6) is 0.918. The van der Waals surface area contributed by atoms with Gasteiger partial charge in [-0.3, -0.25) is 10.1 Å². The van der Waals surface area contributed by atoms with Crippen molar-refractivity contribution in [2.24, 2.45) is 0 Å². The molecule has 2 aromatic carbocycles. The van der Waals surface area contributed by atoms with Crippen LogP contribution in [-0.2, 0) is 4.79 Å². The molecule has 1 N–H and O–H groups in total. The van der Waals surface area contributed by atoms with E-state index in [0.717, 1.165) is 11.3 Å². The van der Waals surface area contributed by atoms with Crippen molar-refractivity contribution in [3.05, 3.63) is 63.5 Å². The molecule has 0 saturated heterocycles. The Morgan fingerprint density at radius 2 is 1.87 bits per heavy atom. The van der Waals surface area contributed by atoms with E-state index >= 15 is 0 Å². The number of benzene rings is 2. The highest BCUT2D eigenvalue weighted by Gasteiger charge is 2.19. The van der Waals surface area contributed by atoms with Gasteiger partial charge in [-0.25, -0.2) is 4.52 Å². The van der Waals surface area contributed by atoms with Crippen molar-refractivity contribution >= 4 is 51.4 Å². The predicted octanol–water partition coefficient (Wildman–Crippen LogP) is 6.29. The van der Waals surface area contributed by atoms with Gasteiger partial charge in [-0.1, -0.05) is 49.2 Å². The van der Waals surface area contributed by atoms with Gasteiger partial charge in [0.2, 0.25) is 4.96 Å². The number of carbonyl (C=O) groups is 1. The van der Waals surface area contributed by atoms with Gasteiger partial charge in [0.05, 0.1) is 10.7 Å². The van der Waals surface area contributed by atoms with Crippen molar-refractivity contribution in [2.75, 3.05) is 5.32 Å². The van der Waals surface area contributed by atoms with Gasteiger partial charge in [0.25, 0.3) is 11.9 Å². The first-order chi connectivity index (χ1) is 14.8. The van der Waals surface area contributed by atoms with Crippen LogP contribution >= 0.6 is 34.5 Å². The molecule has 0 spiro atoms. The minimum absolute atomic E-state index is 0.196. The molecular formula is C22H20Cl2N4O2S. The highest BCUT2D eigenvalue weighted by atomic mass is 35.5. The molecule has 4 rings (SSSR count). The average Bonchev–Trinajstić information content (AvgIpc) is 3.30. The molecule has 4 aromatic rings. The Hall–Kier alpha value is -2.61. The summed E-state index contributed by atoms with van der Waals surface area (Å²) in [6.45, 7) is 5.93. The highest BCUT2D eigenvalue weighted by molar-refractivity contribution is 7.15. The van der Waals surface area contributed by atoms with Crippen LogP contribution < -0.4 is 10.1 Å². The Balaban J connectivity index is 1.49. The lowest BCUT2D eigenvalue weighted by atomic mass is 10.0. The van der Waals surface area contributed by atoms with Crippen LogP contribution in [0.5, 0.6) is 5.75 Å². The van der Waals surface area contributed by atoms with Crippen LogP contribution in [0.2, 0.25) is 10.0 Å². The first-order valence-electron chi connectivity index (χ1n) is 9.69. The van der Waals surface area contributed by atoms with Crippen molar-refractivity contribution in [3.8, 4) is 17.0 Å². The minimum atomic E-state index is -0.715. The fraction of sp³-hybridized carbons (Fsp3) is 0.227. The summed E-state index contributed by atoms with van der Waals surface area (Å²) in [6, 6.07) is 13.0. The number of rotatable bonds is 6. The lowest BCUT2D eigenvalue weighted by Crippen LogP contribution is -2.30. The van der Waals surface area contributed by atoms with E-state index in [-0.39, 0.29) is 11.9 Å². The number of thiazole rings is 1. The van der Waals surface area contributed by atoms with Crippen molar-refractivity contribution < 1.29 is 9.53 Å². The summed E-state index contributed by atoms with van der Waals surface area (Å²) >= 11 is 13.8. The Morgan fingerprint density at radius 1 is 1.13 bits per heavy atom. The van der Waals surface area contributed by atoms with Crippen molar-refractivity contribution in [2.45, 2.75) is 32.8 Å². The molecule has 0 aliphatic heterocycles. The fourth-order valence-corrected chi connectivity index (χ4v) is 4.22. The molecule has 160 valence electrons. The minimum Gasteiger partial charge on any atom is -0.481 e. The van der Waals surface area contributed by atoms with Crippen LogP contribution in [0.15, 0.2) is 47.8 Å².